The van der Waals surface area contributed by atoms with Gasteiger partial charge in [0.15, 0.2) is 11.5 Å². The van der Waals surface area contributed by atoms with Gasteiger partial charge >= 0.3 is 6.61 Å². The summed E-state index contributed by atoms with van der Waals surface area (Å²) in [6.45, 7) is -2.42. The van der Waals surface area contributed by atoms with Crippen LogP contribution in [0.2, 0.25) is 0 Å². The first-order valence-corrected chi connectivity index (χ1v) is 12.6. The van der Waals surface area contributed by atoms with Crippen LogP contribution in [0, 0.1) is 0 Å². The number of aromatic nitrogens is 1. The van der Waals surface area contributed by atoms with Crippen molar-refractivity contribution in [3.63, 3.8) is 0 Å². The first kappa shape index (κ1) is 24.9. The lowest BCUT2D eigenvalue weighted by Crippen LogP contribution is -2.30. The van der Waals surface area contributed by atoms with E-state index in [1.165, 1.54) is 7.11 Å². The van der Waals surface area contributed by atoms with Crippen LogP contribution in [0.1, 0.15) is 64.2 Å². The number of carbonyl (C=O) groups excluding carboxylic acids is 1. The fourth-order valence-corrected chi connectivity index (χ4v) is 5.28. The van der Waals surface area contributed by atoms with Crippen molar-refractivity contribution in [3.8, 4) is 11.5 Å². The molecule has 1 amide bonds. The summed E-state index contributed by atoms with van der Waals surface area (Å²) in [6.07, 6.45) is 8.27. The number of ether oxygens (including phenoxy) is 2. The Hall–Kier alpha value is -3.81. The minimum atomic E-state index is -2.94. The molecule has 8 heteroatoms. The lowest BCUT2D eigenvalue weighted by Gasteiger charge is -2.35. The molecular formula is C29H29F2N3O3. The number of nitrogens with zero attached hydrogens (tertiary/aromatic N) is 2. The smallest absolute Gasteiger partial charge is 0.387 e. The Balaban J connectivity index is 1.39. The summed E-state index contributed by atoms with van der Waals surface area (Å²) in [4.78, 5) is 21.9. The summed E-state index contributed by atoms with van der Waals surface area (Å²) >= 11 is 0. The van der Waals surface area contributed by atoms with Gasteiger partial charge in [-0.1, -0.05) is 31.0 Å². The quantitative estimate of drug-likeness (QED) is 0.436. The molecule has 1 fully saturated rings. The second-order valence-corrected chi connectivity index (χ2v) is 9.35. The van der Waals surface area contributed by atoms with E-state index in [9.17, 15) is 13.6 Å². The van der Waals surface area contributed by atoms with Crippen LogP contribution in [-0.2, 0) is 6.42 Å². The molecule has 0 bridgehead atoms. The van der Waals surface area contributed by atoms with Crippen molar-refractivity contribution < 1.29 is 23.0 Å². The number of aliphatic imine (C=N–C) groups is 1. The number of halogens is 2. The minimum absolute atomic E-state index is 0.0418. The van der Waals surface area contributed by atoms with Gasteiger partial charge in [0.25, 0.3) is 5.91 Å². The average Bonchev–Trinajstić information content (AvgIpc) is 2.92. The van der Waals surface area contributed by atoms with Gasteiger partial charge in [0, 0.05) is 41.5 Å². The van der Waals surface area contributed by atoms with Crippen LogP contribution in [-0.4, -0.2) is 42.9 Å². The Labute approximate surface area is 214 Å². The number of alkyl halides is 2. The molecule has 1 saturated carbocycles. The molecule has 2 aliphatic rings. The van der Waals surface area contributed by atoms with E-state index in [1.54, 1.807) is 36.7 Å². The molecule has 1 aromatic heterocycles. The van der Waals surface area contributed by atoms with E-state index in [-0.39, 0.29) is 29.4 Å². The number of pyridine rings is 1. The maximum atomic E-state index is 13.1. The van der Waals surface area contributed by atoms with E-state index in [1.807, 2.05) is 24.3 Å². The molecule has 192 valence electrons. The van der Waals surface area contributed by atoms with E-state index >= 15 is 0 Å². The van der Waals surface area contributed by atoms with Crippen LogP contribution in [0.4, 0.5) is 8.78 Å². The molecule has 1 N–H and O–H groups in total. The summed E-state index contributed by atoms with van der Waals surface area (Å²) in [5.74, 6) is 0.290. The average molecular weight is 506 g/mol. The number of rotatable bonds is 8. The van der Waals surface area contributed by atoms with Crippen LogP contribution < -0.4 is 14.8 Å². The molecule has 0 radical (unpaired) electrons. The van der Waals surface area contributed by atoms with Gasteiger partial charge in [0.2, 0.25) is 0 Å². The molecule has 1 aliphatic heterocycles. The molecule has 6 nitrogen and oxygen atoms in total. The van der Waals surface area contributed by atoms with Crippen molar-refractivity contribution in [3.05, 3.63) is 88.7 Å². The van der Waals surface area contributed by atoms with Gasteiger partial charge in [-0.2, -0.15) is 8.78 Å². The van der Waals surface area contributed by atoms with E-state index in [2.05, 4.69) is 10.3 Å². The topological polar surface area (TPSA) is 72.8 Å². The molecule has 3 aromatic rings. The fraction of sp³-hybridized carbons (Fsp3) is 0.345. The first-order chi connectivity index (χ1) is 18.0. The summed E-state index contributed by atoms with van der Waals surface area (Å²) in [6, 6.07) is 14.7. The van der Waals surface area contributed by atoms with Gasteiger partial charge < -0.3 is 14.8 Å². The molecular weight excluding hydrogens is 476 g/mol. The minimum Gasteiger partial charge on any atom is -0.493 e. The van der Waals surface area contributed by atoms with Crippen molar-refractivity contribution in [2.24, 2.45) is 4.99 Å². The predicted octanol–water partition coefficient (Wildman–Crippen LogP) is 5.54. The Morgan fingerprint density at radius 3 is 2.65 bits per heavy atom. The lowest BCUT2D eigenvalue weighted by atomic mass is 9.75. The maximum Gasteiger partial charge on any atom is 0.387 e. The third kappa shape index (κ3) is 5.48. The highest BCUT2D eigenvalue weighted by Crippen LogP contribution is 2.45. The van der Waals surface area contributed by atoms with Gasteiger partial charge in [-0.3, -0.25) is 14.8 Å². The Kier molecular flexibility index (Phi) is 7.44. The third-order valence-corrected chi connectivity index (χ3v) is 7.07. The van der Waals surface area contributed by atoms with E-state index in [0.717, 1.165) is 53.6 Å². The van der Waals surface area contributed by atoms with Crippen LogP contribution in [0.3, 0.4) is 0 Å². The van der Waals surface area contributed by atoms with Gasteiger partial charge in [-0.05, 0) is 60.7 Å². The van der Waals surface area contributed by atoms with Crippen molar-refractivity contribution in [2.75, 3.05) is 13.7 Å². The number of nitrogens with one attached hydrogen (secondary N) is 1. The first-order valence-electron chi connectivity index (χ1n) is 12.6. The highest BCUT2D eigenvalue weighted by molar-refractivity contribution is 6.15. The van der Waals surface area contributed by atoms with Gasteiger partial charge in [0.1, 0.15) is 0 Å². The zero-order chi connectivity index (χ0) is 25.8. The fourth-order valence-electron chi connectivity index (χ4n) is 5.28. The van der Waals surface area contributed by atoms with Crippen molar-refractivity contribution in [2.45, 2.75) is 50.7 Å². The summed E-state index contributed by atoms with van der Waals surface area (Å²) in [5.41, 5.74) is 5.08. The summed E-state index contributed by atoms with van der Waals surface area (Å²) in [7, 11) is 1.44. The number of fused-ring (bicyclic) bond motifs is 3. The lowest BCUT2D eigenvalue weighted by molar-refractivity contribution is -0.0512. The van der Waals surface area contributed by atoms with Crippen LogP contribution >= 0.6 is 0 Å². The third-order valence-electron chi connectivity index (χ3n) is 7.07. The molecule has 1 aliphatic carbocycles. The molecule has 2 atom stereocenters. The Bertz CT molecular complexity index is 1280. The highest BCUT2D eigenvalue weighted by Gasteiger charge is 2.35. The highest BCUT2D eigenvalue weighted by atomic mass is 19.3. The number of methoxy groups -OCH3 is 1. The Morgan fingerprint density at radius 1 is 1.11 bits per heavy atom. The predicted molar refractivity (Wildman–Crippen MR) is 137 cm³/mol. The van der Waals surface area contributed by atoms with Crippen LogP contribution in [0.15, 0.2) is 65.9 Å². The van der Waals surface area contributed by atoms with Crippen molar-refractivity contribution >= 4 is 11.6 Å². The standard InChI is InChI=1S/C29H29F2N3O3/c1-36-25-16-23-22(15-26(25)37-29(30)31)21-6-2-3-7-24(21)34-27(23)19-8-10-20(11-9-19)28(35)33-14-12-18-5-4-13-32-17-18/h4-5,8-11,13,15-17,21,24,29H,2-3,6-7,12,14H2,1H3,(H,33,35)/t21-,24-/m1/s1. The molecule has 0 saturated heterocycles. The number of hydrogen-bond donors (Lipinski definition) is 1. The van der Waals surface area contributed by atoms with E-state index in [4.69, 9.17) is 14.5 Å². The van der Waals surface area contributed by atoms with Crippen LogP contribution in [0.5, 0.6) is 11.5 Å². The monoisotopic (exact) mass is 505 g/mol. The summed E-state index contributed by atoms with van der Waals surface area (Å²) in [5, 5.41) is 2.95. The number of benzene rings is 2. The second-order valence-electron chi connectivity index (χ2n) is 9.35. The maximum absolute atomic E-state index is 13.1. The summed E-state index contributed by atoms with van der Waals surface area (Å²) < 4.78 is 36.3. The van der Waals surface area contributed by atoms with Crippen molar-refractivity contribution in [1.29, 1.82) is 0 Å². The largest absolute Gasteiger partial charge is 0.493 e. The molecule has 2 aromatic carbocycles. The van der Waals surface area contributed by atoms with E-state index < -0.39 is 6.61 Å². The van der Waals surface area contributed by atoms with Gasteiger partial charge in [-0.25, -0.2) is 0 Å². The number of carbonyl (C=O) groups is 1. The normalized spacial score (nSPS) is 18.4. The molecule has 2 heterocycles. The zero-order valence-electron chi connectivity index (χ0n) is 20.6. The molecule has 5 rings (SSSR count). The SMILES string of the molecule is COc1cc2c(cc1OC(F)F)[C@H]1CCCC[C@H]1N=C2c1ccc(C(=O)NCCc2cccnc2)cc1. The van der Waals surface area contributed by atoms with Crippen molar-refractivity contribution in [1.82, 2.24) is 10.3 Å². The zero-order valence-corrected chi connectivity index (χ0v) is 20.6. The molecule has 37 heavy (non-hydrogen) atoms. The molecule has 0 unspecified atom stereocenters. The van der Waals surface area contributed by atoms with E-state index in [0.29, 0.717) is 18.5 Å². The van der Waals surface area contributed by atoms with Gasteiger partial charge in [-0.15, -0.1) is 0 Å². The molecule has 0 spiro atoms. The second kappa shape index (κ2) is 11.1. The number of hydrogen-bond acceptors (Lipinski definition) is 5. The van der Waals surface area contributed by atoms with Crippen LogP contribution in [0.25, 0.3) is 0 Å². The van der Waals surface area contributed by atoms with Gasteiger partial charge in [0.05, 0.1) is 18.9 Å². The Morgan fingerprint density at radius 2 is 1.92 bits per heavy atom. The number of amides is 1.